The van der Waals surface area contributed by atoms with Crippen molar-refractivity contribution < 1.29 is 18.0 Å². The van der Waals surface area contributed by atoms with E-state index in [0.717, 1.165) is 18.7 Å². The van der Waals surface area contributed by atoms with Crippen molar-refractivity contribution in [2.75, 3.05) is 24.5 Å². The number of carbonyl (C=O) groups excluding carboxylic acids is 1. The molecule has 0 spiro atoms. The lowest BCUT2D eigenvalue weighted by Crippen LogP contribution is -2.53. The maximum Gasteiger partial charge on any atom is 0.416 e. The summed E-state index contributed by atoms with van der Waals surface area (Å²) in [6.45, 7) is 1.98. The number of anilines is 1. The lowest BCUT2D eigenvalue weighted by atomic mass is 10.0. The van der Waals surface area contributed by atoms with Gasteiger partial charge >= 0.3 is 6.18 Å². The zero-order chi connectivity index (χ0) is 14.3. The molecule has 1 atom stereocenters. The van der Waals surface area contributed by atoms with E-state index in [2.05, 4.69) is 10.6 Å². The summed E-state index contributed by atoms with van der Waals surface area (Å²) in [5.74, 6) is -0.308. The number of carbonyl (C=O) groups is 1. The monoisotopic (exact) mass is 285 g/mol. The summed E-state index contributed by atoms with van der Waals surface area (Å²) in [7, 11) is 0. The average Bonchev–Trinajstić information content (AvgIpc) is 2.62. The molecule has 2 heterocycles. The van der Waals surface area contributed by atoms with Gasteiger partial charge in [0.2, 0.25) is 0 Å². The Hall–Kier alpha value is -1.76. The molecule has 20 heavy (non-hydrogen) atoms. The van der Waals surface area contributed by atoms with Crippen LogP contribution in [0.5, 0.6) is 0 Å². The van der Waals surface area contributed by atoms with Crippen LogP contribution < -0.4 is 15.5 Å². The number of benzene rings is 1. The van der Waals surface area contributed by atoms with E-state index in [4.69, 9.17) is 0 Å². The van der Waals surface area contributed by atoms with E-state index in [0.29, 0.717) is 30.8 Å². The maximum absolute atomic E-state index is 12.8. The number of fused-ring (bicyclic) bond motifs is 3. The van der Waals surface area contributed by atoms with E-state index < -0.39 is 11.7 Å². The van der Waals surface area contributed by atoms with E-state index >= 15 is 0 Å². The van der Waals surface area contributed by atoms with Crippen LogP contribution in [0.1, 0.15) is 22.3 Å². The quantitative estimate of drug-likeness (QED) is 0.760. The first-order valence-corrected chi connectivity index (χ1v) is 6.46. The molecule has 0 saturated carbocycles. The number of hydrogen-bond acceptors (Lipinski definition) is 3. The minimum atomic E-state index is -4.40. The molecule has 1 unspecified atom stereocenters. The summed E-state index contributed by atoms with van der Waals surface area (Å²) in [6, 6.07) is 3.28. The number of rotatable bonds is 0. The van der Waals surface area contributed by atoms with E-state index in [9.17, 15) is 18.0 Å². The fourth-order valence-corrected chi connectivity index (χ4v) is 2.68. The third-order valence-corrected chi connectivity index (χ3v) is 3.68. The zero-order valence-corrected chi connectivity index (χ0v) is 10.6. The normalized spacial score (nSPS) is 22.6. The first kappa shape index (κ1) is 13.2. The van der Waals surface area contributed by atoms with Gasteiger partial charge in [-0.25, -0.2) is 0 Å². The lowest BCUT2D eigenvalue weighted by Gasteiger charge is -2.37. The van der Waals surface area contributed by atoms with E-state index in [1.807, 2.05) is 4.90 Å². The highest BCUT2D eigenvalue weighted by molar-refractivity contribution is 6.02. The van der Waals surface area contributed by atoms with Crippen molar-refractivity contribution in [1.82, 2.24) is 10.6 Å². The Labute approximate surface area is 113 Å². The molecule has 3 rings (SSSR count). The van der Waals surface area contributed by atoms with Gasteiger partial charge in [0.1, 0.15) is 6.17 Å². The van der Waals surface area contributed by atoms with Crippen molar-refractivity contribution in [2.24, 2.45) is 0 Å². The third kappa shape index (κ3) is 2.22. The van der Waals surface area contributed by atoms with Crippen molar-refractivity contribution in [3.05, 3.63) is 29.3 Å². The van der Waals surface area contributed by atoms with Crippen molar-refractivity contribution in [2.45, 2.75) is 18.8 Å². The van der Waals surface area contributed by atoms with Crippen molar-refractivity contribution in [3.8, 4) is 0 Å². The molecule has 1 saturated heterocycles. The number of halogens is 3. The second-order valence-electron chi connectivity index (χ2n) is 4.95. The lowest BCUT2D eigenvalue weighted by molar-refractivity contribution is -0.137. The summed E-state index contributed by atoms with van der Waals surface area (Å²) in [4.78, 5) is 13.8. The molecule has 7 heteroatoms. The Morgan fingerprint density at radius 3 is 2.80 bits per heavy atom. The topological polar surface area (TPSA) is 44.4 Å². The Morgan fingerprint density at radius 2 is 2.05 bits per heavy atom. The summed E-state index contributed by atoms with van der Waals surface area (Å²) < 4.78 is 38.5. The summed E-state index contributed by atoms with van der Waals surface area (Å²) >= 11 is 0. The third-order valence-electron chi connectivity index (χ3n) is 3.68. The van der Waals surface area contributed by atoms with E-state index in [1.54, 1.807) is 0 Å². The fourth-order valence-electron chi connectivity index (χ4n) is 2.68. The second-order valence-corrected chi connectivity index (χ2v) is 4.95. The molecule has 2 aliphatic heterocycles. The first-order chi connectivity index (χ1) is 9.47. The van der Waals surface area contributed by atoms with Crippen LogP contribution in [0.15, 0.2) is 18.2 Å². The highest BCUT2D eigenvalue weighted by Gasteiger charge is 2.36. The van der Waals surface area contributed by atoms with Gasteiger partial charge in [-0.05, 0) is 31.2 Å². The first-order valence-electron chi connectivity index (χ1n) is 6.46. The molecule has 108 valence electrons. The number of nitrogens with zero attached hydrogens (tertiary/aromatic N) is 1. The highest BCUT2D eigenvalue weighted by atomic mass is 19.4. The predicted molar refractivity (Wildman–Crippen MR) is 67.5 cm³/mol. The fraction of sp³-hybridized carbons (Fsp3) is 0.462. The number of hydrogen-bond donors (Lipinski definition) is 2. The van der Waals surface area contributed by atoms with Crippen molar-refractivity contribution >= 4 is 11.6 Å². The molecule has 2 aliphatic rings. The van der Waals surface area contributed by atoms with Gasteiger partial charge in [-0.3, -0.25) is 4.79 Å². The summed E-state index contributed by atoms with van der Waals surface area (Å²) in [6.07, 6.45) is -3.97. The molecule has 0 aromatic heterocycles. The van der Waals surface area contributed by atoms with Crippen LogP contribution in [0.4, 0.5) is 18.9 Å². The molecular formula is C13H14F3N3O. The number of nitrogens with one attached hydrogen (secondary N) is 2. The Balaban J connectivity index is 2.06. The van der Waals surface area contributed by atoms with Crippen LogP contribution in [-0.4, -0.2) is 31.7 Å². The molecule has 2 N–H and O–H groups in total. The van der Waals surface area contributed by atoms with Gasteiger partial charge in [-0.1, -0.05) is 0 Å². The van der Waals surface area contributed by atoms with E-state index in [-0.39, 0.29) is 12.1 Å². The van der Waals surface area contributed by atoms with Gasteiger partial charge < -0.3 is 15.5 Å². The smallest absolute Gasteiger partial charge is 0.349 e. The van der Waals surface area contributed by atoms with Crippen LogP contribution in [-0.2, 0) is 6.18 Å². The molecule has 0 aliphatic carbocycles. The summed E-state index contributed by atoms with van der Waals surface area (Å²) in [5.41, 5.74) is -0.0460. The van der Waals surface area contributed by atoms with Gasteiger partial charge in [-0.15, -0.1) is 0 Å². The predicted octanol–water partition coefficient (Wildman–Crippen LogP) is 1.57. The zero-order valence-electron chi connectivity index (χ0n) is 10.6. The van der Waals surface area contributed by atoms with Crippen LogP contribution in [0.25, 0.3) is 0 Å². The Morgan fingerprint density at radius 1 is 1.25 bits per heavy atom. The molecule has 4 nitrogen and oxygen atoms in total. The molecule has 1 fully saturated rings. The minimum Gasteiger partial charge on any atom is -0.349 e. The van der Waals surface area contributed by atoms with Crippen LogP contribution in [0, 0.1) is 0 Å². The minimum absolute atomic E-state index is 0.242. The molecular weight excluding hydrogens is 271 g/mol. The molecule has 1 aromatic rings. The van der Waals surface area contributed by atoms with Crippen molar-refractivity contribution in [3.63, 3.8) is 0 Å². The Kier molecular flexibility index (Phi) is 3.08. The Bertz CT molecular complexity index is 544. The van der Waals surface area contributed by atoms with Crippen LogP contribution >= 0.6 is 0 Å². The SMILES string of the molecule is O=C1NC2CCNCCN2c2cc(C(F)(F)F)ccc21. The van der Waals surface area contributed by atoms with Gasteiger partial charge in [-0.2, -0.15) is 13.2 Å². The largest absolute Gasteiger partial charge is 0.416 e. The van der Waals surface area contributed by atoms with E-state index in [1.165, 1.54) is 6.07 Å². The molecule has 1 aromatic carbocycles. The van der Waals surface area contributed by atoms with Gasteiger partial charge in [0.15, 0.2) is 0 Å². The molecule has 0 bridgehead atoms. The van der Waals surface area contributed by atoms with Crippen molar-refractivity contribution in [1.29, 1.82) is 0 Å². The highest BCUT2D eigenvalue weighted by Crippen LogP contribution is 2.35. The van der Waals surface area contributed by atoms with Crippen LogP contribution in [0.2, 0.25) is 0 Å². The molecule has 0 radical (unpaired) electrons. The number of amides is 1. The van der Waals surface area contributed by atoms with Gasteiger partial charge in [0.25, 0.3) is 5.91 Å². The average molecular weight is 285 g/mol. The van der Waals surface area contributed by atoms with Gasteiger partial charge in [0.05, 0.1) is 16.8 Å². The molecule has 1 amide bonds. The maximum atomic E-state index is 12.8. The van der Waals surface area contributed by atoms with Gasteiger partial charge in [0, 0.05) is 13.1 Å². The standard InChI is InChI=1S/C13H14F3N3O/c14-13(15,16)8-1-2-9-10(7-8)19-6-5-17-4-3-11(19)18-12(9)20/h1-2,7,11,17H,3-6H2,(H,18,20). The number of alkyl halides is 3. The summed E-state index contributed by atoms with van der Waals surface area (Å²) in [5, 5.41) is 6.02. The second kappa shape index (κ2) is 4.66. The van der Waals surface area contributed by atoms with Crippen LogP contribution in [0.3, 0.4) is 0 Å².